The molecule has 0 unspecified atom stereocenters. The Kier molecular flexibility index (Phi) is 4.14. The molecule has 1 aromatic heterocycles. The van der Waals surface area contributed by atoms with Crippen LogP contribution in [0, 0.1) is 0 Å². The Labute approximate surface area is 110 Å². The summed E-state index contributed by atoms with van der Waals surface area (Å²) < 4.78 is 0. The first-order chi connectivity index (χ1) is 8.67. The molecule has 0 spiro atoms. The molecule has 7 nitrogen and oxygen atoms in total. The van der Waals surface area contributed by atoms with E-state index in [9.17, 15) is 4.79 Å². The summed E-state index contributed by atoms with van der Waals surface area (Å²) in [6.07, 6.45) is 2.13. The van der Waals surface area contributed by atoms with Gasteiger partial charge >= 0.3 is 0 Å². The summed E-state index contributed by atoms with van der Waals surface area (Å²) in [5.74, 6) is 0.610. The maximum Gasteiger partial charge on any atom is 0.239 e. The van der Waals surface area contributed by atoms with Gasteiger partial charge in [-0.15, -0.1) is 0 Å². The summed E-state index contributed by atoms with van der Waals surface area (Å²) in [6.45, 7) is 2.73. The van der Waals surface area contributed by atoms with E-state index in [1.165, 1.54) is 0 Å². The molecule has 0 bridgehead atoms. The summed E-state index contributed by atoms with van der Waals surface area (Å²) in [5.41, 5.74) is 0. The Balaban J connectivity index is 1.88. The maximum atomic E-state index is 11.5. The zero-order valence-corrected chi connectivity index (χ0v) is 10.8. The average molecular weight is 271 g/mol. The number of rotatable bonds is 6. The number of hydrogen-bond acceptors (Lipinski definition) is 6. The second-order valence-electron chi connectivity index (χ2n) is 3.98. The smallest absolute Gasteiger partial charge is 0.239 e. The van der Waals surface area contributed by atoms with Crippen LogP contribution in [0.25, 0.3) is 0 Å². The van der Waals surface area contributed by atoms with Gasteiger partial charge in [0.25, 0.3) is 0 Å². The molecular formula is C10H15ClN6O. The van der Waals surface area contributed by atoms with Gasteiger partial charge in [-0.2, -0.15) is 15.0 Å². The lowest BCUT2D eigenvalue weighted by atomic mass is 10.5. The topological polar surface area (TPSA) is 91.8 Å². The maximum absolute atomic E-state index is 11.5. The van der Waals surface area contributed by atoms with Gasteiger partial charge in [-0.05, 0) is 31.4 Å². The third kappa shape index (κ3) is 3.99. The number of anilines is 2. The third-order valence-corrected chi connectivity index (χ3v) is 2.46. The first-order valence-corrected chi connectivity index (χ1v) is 6.24. The van der Waals surface area contributed by atoms with E-state index in [-0.39, 0.29) is 23.7 Å². The average Bonchev–Trinajstić information content (AvgIpc) is 3.10. The van der Waals surface area contributed by atoms with Crippen molar-refractivity contribution in [3.05, 3.63) is 5.28 Å². The van der Waals surface area contributed by atoms with Crippen LogP contribution >= 0.6 is 11.6 Å². The molecule has 1 aliphatic carbocycles. The summed E-state index contributed by atoms with van der Waals surface area (Å²) >= 11 is 5.75. The minimum absolute atomic E-state index is 0.0703. The van der Waals surface area contributed by atoms with E-state index in [0.29, 0.717) is 18.5 Å². The molecule has 1 heterocycles. The number of carbonyl (C=O) groups is 1. The number of nitrogens with zero attached hydrogens (tertiary/aromatic N) is 3. The van der Waals surface area contributed by atoms with E-state index in [4.69, 9.17) is 11.6 Å². The van der Waals surface area contributed by atoms with E-state index < -0.39 is 0 Å². The van der Waals surface area contributed by atoms with Crippen molar-refractivity contribution >= 4 is 29.4 Å². The lowest BCUT2D eigenvalue weighted by Gasteiger charge is -2.07. The first kappa shape index (κ1) is 12.8. The molecule has 18 heavy (non-hydrogen) atoms. The molecule has 8 heteroatoms. The summed E-state index contributed by atoms with van der Waals surface area (Å²) in [5, 5.41) is 8.70. The van der Waals surface area contributed by atoms with Crippen LogP contribution in [0.1, 0.15) is 19.8 Å². The van der Waals surface area contributed by atoms with Crippen molar-refractivity contribution in [3.8, 4) is 0 Å². The number of amides is 1. The molecule has 1 aromatic rings. The van der Waals surface area contributed by atoms with Gasteiger partial charge in [-0.1, -0.05) is 0 Å². The summed E-state index contributed by atoms with van der Waals surface area (Å²) in [7, 11) is 0. The fraction of sp³-hybridized carbons (Fsp3) is 0.600. The zero-order chi connectivity index (χ0) is 13.0. The van der Waals surface area contributed by atoms with E-state index in [2.05, 4.69) is 30.9 Å². The number of nitrogens with one attached hydrogen (secondary N) is 3. The molecule has 98 valence electrons. The van der Waals surface area contributed by atoms with Gasteiger partial charge in [-0.3, -0.25) is 4.79 Å². The molecule has 1 fully saturated rings. The van der Waals surface area contributed by atoms with E-state index in [1.807, 2.05) is 6.92 Å². The lowest BCUT2D eigenvalue weighted by Crippen LogP contribution is -2.31. The fourth-order valence-corrected chi connectivity index (χ4v) is 1.49. The van der Waals surface area contributed by atoms with Crippen LogP contribution in [0.4, 0.5) is 11.9 Å². The van der Waals surface area contributed by atoms with Crippen LogP contribution in [0.3, 0.4) is 0 Å². The summed E-state index contributed by atoms with van der Waals surface area (Å²) in [6, 6.07) is 0.346. The highest BCUT2D eigenvalue weighted by atomic mass is 35.5. The molecule has 2 rings (SSSR count). The number of carbonyl (C=O) groups excluding carboxylic acids is 1. The molecule has 1 aliphatic rings. The van der Waals surface area contributed by atoms with Crippen molar-refractivity contribution in [1.29, 1.82) is 0 Å². The molecule has 0 radical (unpaired) electrons. The van der Waals surface area contributed by atoms with Gasteiger partial charge in [0.1, 0.15) is 0 Å². The third-order valence-electron chi connectivity index (χ3n) is 2.29. The van der Waals surface area contributed by atoms with Gasteiger partial charge in [0.05, 0.1) is 6.54 Å². The number of halogens is 1. The van der Waals surface area contributed by atoms with Crippen molar-refractivity contribution in [2.45, 2.75) is 25.8 Å². The van der Waals surface area contributed by atoms with Crippen LogP contribution in [0.15, 0.2) is 0 Å². The molecular weight excluding hydrogens is 256 g/mol. The Morgan fingerprint density at radius 3 is 2.56 bits per heavy atom. The molecule has 0 saturated heterocycles. The van der Waals surface area contributed by atoms with Crippen LogP contribution in [0.5, 0.6) is 0 Å². The van der Waals surface area contributed by atoms with Crippen molar-refractivity contribution in [2.75, 3.05) is 23.7 Å². The standard InChI is InChI=1S/C10H15ClN6O/c1-2-12-9-15-8(11)16-10(17-9)13-5-7(18)14-6-3-4-6/h6H,2-5H2,1H3,(H,14,18)(H2,12,13,15,16,17). The normalized spacial score (nSPS) is 14.1. The Bertz CT molecular complexity index is 436. The van der Waals surface area contributed by atoms with Gasteiger partial charge in [-0.25, -0.2) is 0 Å². The van der Waals surface area contributed by atoms with Gasteiger partial charge in [0.15, 0.2) is 0 Å². The zero-order valence-electron chi connectivity index (χ0n) is 10.0. The second kappa shape index (κ2) is 5.81. The Morgan fingerprint density at radius 1 is 1.28 bits per heavy atom. The molecule has 0 atom stereocenters. The SMILES string of the molecule is CCNc1nc(Cl)nc(NCC(=O)NC2CC2)n1. The quantitative estimate of drug-likeness (QED) is 0.703. The molecule has 3 N–H and O–H groups in total. The molecule has 0 aliphatic heterocycles. The van der Waals surface area contributed by atoms with E-state index in [1.54, 1.807) is 0 Å². The Hall–Kier alpha value is -1.63. The first-order valence-electron chi connectivity index (χ1n) is 5.86. The van der Waals surface area contributed by atoms with Crippen molar-refractivity contribution in [2.24, 2.45) is 0 Å². The van der Waals surface area contributed by atoms with E-state index in [0.717, 1.165) is 12.8 Å². The molecule has 0 aromatic carbocycles. The van der Waals surface area contributed by atoms with Crippen molar-refractivity contribution in [1.82, 2.24) is 20.3 Å². The van der Waals surface area contributed by atoms with Gasteiger partial charge in [0, 0.05) is 12.6 Å². The monoisotopic (exact) mass is 270 g/mol. The predicted molar refractivity (Wildman–Crippen MR) is 68.7 cm³/mol. The molecule has 1 amide bonds. The lowest BCUT2D eigenvalue weighted by molar-refractivity contribution is -0.119. The number of aromatic nitrogens is 3. The van der Waals surface area contributed by atoms with Crippen LogP contribution in [-0.2, 0) is 4.79 Å². The van der Waals surface area contributed by atoms with Gasteiger partial charge < -0.3 is 16.0 Å². The minimum Gasteiger partial charge on any atom is -0.354 e. The van der Waals surface area contributed by atoms with Crippen molar-refractivity contribution < 1.29 is 4.79 Å². The van der Waals surface area contributed by atoms with Crippen LogP contribution in [0.2, 0.25) is 5.28 Å². The van der Waals surface area contributed by atoms with Crippen LogP contribution < -0.4 is 16.0 Å². The highest BCUT2D eigenvalue weighted by molar-refractivity contribution is 6.28. The number of hydrogen-bond donors (Lipinski definition) is 3. The van der Waals surface area contributed by atoms with Crippen molar-refractivity contribution in [3.63, 3.8) is 0 Å². The second-order valence-corrected chi connectivity index (χ2v) is 4.32. The van der Waals surface area contributed by atoms with Gasteiger partial charge in [0.2, 0.25) is 23.1 Å². The van der Waals surface area contributed by atoms with E-state index >= 15 is 0 Å². The minimum atomic E-state index is -0.0703. The largest absolute Gasteiger partial charge is 0.354 e. The fourth-order valence-electron chi connectivity index (χ4n) is 1.33. The van der Waals surface area contributed by atoms with Crippen LogP contribution in [-0.4, -0.2) is 40.0 Å². The molecule has 1 saturated carbocycles. The summed E-state index contributed by atoms with van der Waals surface area (Å²) in [4.78, 5) is 23.3. The predicted octanol–water partition coefficient (Wildman–Crippen LogP) is 0.647. The highest BCUT2D eigenvalue weighted by Gasteiger charge is 2.22. The highest BCUT2D eigenvalue weighted by Crippen LogP contribution is 2.18. The Morgan fingerprint density at radius 2 is 1.94 bits per heavy atom.